The van der Waals surface area contributed by atoms with Gasteiger partial charge in [0.1, 0.15) is 0 Å². The maximum absolute atomic E-state index is 9.17. The van der Waals surface area contributed by atoms with Crippen LogP contribution in [0, 0.1) is 0 Å². The van der Waals surface area contributed by atoms with E-state index in [0.29, 0.717) is 0 Å². The standard InChI is InChI=1S/C13H11NO/c15-8-13-11-6-5-9-3-1-2-4-10(9)12(11)7-14-13/h1-7,14-15H,8H2. The first-order valence-electron chi connectivity index (χ1n) is 4.99. The number of rotatable bonds is 1. The molecule has 1 aromatic heterocycles. The zero-order chi connectivity index (χ0) is 10.3. The summed E-state index contributed by atoms with van der Waals surface area (Å²) in [5.41, 5.74) is 0.885. The molecular formula is C13H11NO. The van der Waals surface area contributed by atoms with Gasteiger partial charge in [0.25, 0.3) is 0 Å². The van der Waals surface area contributed by atoms with Gasteiger partial charge in [-0.1, -0.05) is 36.4 Å². The van der Waals surface area contributed by atoms with Crippen LogP contribution in [0.15, 0.2) is 42.6 Å². The van der Waals surface area contributed by atoms with Gasteiger partial charge in [0.2, 0.25) is 0 Å². The highest BCUT2D eigenvalue weighted by molar-refractivity contribution is 6.08. The monoisotopic (exact) mass is 197 g/mol. The Labute approximate surface area is 87.2 Å². The molecule has 74 valence electrons. The van der Waals surface area contributed by atoms with E-state index < -0.39 is 0 Å². The summed E-state index contributed by atoms with van der Waals surface area (Å²) in [6, 6.07) is 12.4. The van der Waals surface area contributed by atoms with Gasteiger partial charge < -0.3 is 10.1 Å². The van der Waals surface area contributed by atoms with Crippen LogP contribution in [0.1, 0.15) is 5.69 Å². The number of aromatic amines is 1. The van der Waals surface area contributed by atoms with Crippen LogP contribution >= 0.6 is 0 Å². The molecule has 0 aliphatic rings. The van der Waals surface area contributed by atoms with Crippen molar-refractivity contribution in [2.24, 2.45) is 0 Å². The molecule has 2 heteroatoms. The predicted octanol–water partition coefficient (Wildman–Crippen LogP) is 2.81. The van der Waals surface area contributed by atoms with Crippen LogP contribution in [-0.4, -0.2) is 10.1 Å². The maximum Gasteiger partial charge on any atom is 0.0837 e. The van der Waals surface area contributed by atoms with Crippen LogP contribution in [0.4, 0.5) is 0 Å². The summed E-state index contributed by atoms with van der Waals surface area (Å²) in [5.74, 6) is 0. The Kier molecular flexibility index (Phi) is 1.76. The molecule has 2 nitrogen and oxygen atoms in total. The second kappa shape index (κ2) is 3.11. The van der Waals surface area contributed by atoms with Crippen molar-refractivity contribution in [1.82, 2.24) is 4.98 Å². The normalized spacial score (nSPS) is 11.3. The molecule has 3 aromatic rings. The topological polar surface area (TPSA) is 36.0 Å². The van der Waals surface area contributed by atoms with Crippen LogP contribution in [0.3, 0.4) is 0 Å². The lowest BCUT2D eigenvalue weighted by Crippen LogP contribution is -1.81. The quantitative estimate of drug-likeness (QED) is 0.618. The van der Waals surface area contributed by atoms with Crippen molar-refractivity contribution < 1.29 is 5.11 Å². The summed E-state index contributed by atoms with van der Waals surface area (Å²) in [5, 5.41) is 13.9. The van der Waals surface area contributed by atoms with E-state index in [4.69, 9.17) is 5.11 Å². The van der Waals surface area contributed by atoms with Gasteiger partial charge in [0.15, 0.2) is 0 Å². The highest BCUT2D eigenvalue weighted by Gasteiger charge is 2.04. The molecular weight excluding hydrogens is 186 g/mol. The molecule has 2 N–H and O–H groups in total. The Bertz CT molecular complexity index is 625. The number of hydrogen-bond acceptors (Lipinski definition) is 1. The first kappa shape index (κ1) is 8.50. The van der Waals surface area contributed by atoms with Gasteiger partial charge in [-0.05, 0) is 10.8 Å². The summed E-state index contributed by atoms with van der Waals surface area (Å²) in [6.45, 7) is 0.0574. The average molecular weight is 197 g/mol. The lowest BCUT2D eigenvalue weighted by atomic mass is 10.0. The number of nitrogens with one attached hydrogen (secondary N) is 1. The SMILES string of the molecule is OCc1[nH]cc2c1ccc1ccccc12. The fourth-order valence-corrected chi connectivity index (χ4v) is 2.08. The van der Waals surface area contributed by atoms with Gasteiger partial charge in [0.05, 0.1) is 6.61 Å². The van der Waals surface area contributed by atoms with Crippen molar-refractivity contribution in [3.63, 3.8) is 0 Å². The highest BCUT2D eigenvalue weighted by atomic mass is 16.3. The summed E-state index contributed by atoms with van der Waals surface area (Å²) in [4.78, 5) is 3.11. The molecule has 0 unspecified atom stereocenters. The van der Waals surface area contributed by atoms with Gasteiger partial charge in [0, 0.05) is 22.7 Å². The molecule has 0 fully saturated rings. The van der Waals surface area contributed by atoms with E-state index in [1.54, 1.807) is 0 Å². The number of aliphatic hydroxyl groups excluding tert-OH is 1. The number of H-pyrrole nitrogens is 1. The summed E-state index contributed by atoms with van der Waals surface area (Å²) in [6.07, 6.45) is 1.96. The molecule has 0 atom stereocenters. The van der Waals surface area contributed by atoms with Crippen LogP contribution in [0.25, 0.3) is 21.5 Å². The first-order valence-corrected chi connectivity index (χ1v) is 4.99. The number of hydrogen-bond donors (Lipinski definition) is 2. The Morgan fingerprint density at radius 1 is 0.933 bits per heavy atom. The molecule has 0 aliphatic heterocycles. The van der Waals surface area contributed by atoms with E-state index in [-0.39, 0.29) is 6.61 Å². The van der Waals surface area contributed by atoms with Gasteiger partial charge in [-0.25, -0.2) is 0 Å². The highest BCUT2D eigenvalue weighted by Crippen LogP contribution is 2.27. The van der Waals surface area contributed by atoms with Crippen molar-refractivity contribution in [2.75, 3.05) is 0 Å². The predicted molar refractivity (Wildman–Crippen MR) is 61.7 cm³/mol. The zero-order valence-corrected chi connectivity index (χ0v) is 8.20. The third-order valence-corrected chi connectivity index (χ3v) is 2.84. The third kappa shape index (κ3) is 1.15. The number of aliphatic hydroxyl groups is 1. The van der Waals surface area contributed by atoms with Crippen molar-refractivity contribution in [3.05, 3.63) is 48.3 Å². The van der Waals surface area contributed by atoms with E-state index in [2.05, 4.69) is 29.2 Å². The van der Waals surface area contributed by atoms with Crippen LogP contribution < -0.4 is 0 Å². The van der Waals surface area contributed by atoms with Gasteiger partial charge >= 0.3 is 0 Å². The van der Waals surface area contributed by atoms with E-state index in [0.717, 1.165) is 11.1 Å². The second-order valence-corrected chi connectivity index (χ2v) is 3.67. The minimum Gasteiger partial charge on any atom is -0.390 e. The molecule has 3 rings (SSSR count). The lowest BCUT2D eigenvalue weighted by Gasteiger charge is -1.99. The van der Waals surface area contributed by atoms with Crippen LogP contribution in [-0.2, 0) is 6.61 Å². The minimum absolute atomic E-state index is 0.0574. The summed E-state index contributed by atoms with van der Waals surface area (Å²) >= 11 is 0. The number of aromatic nitrogens is 1. The number of fused-ring (bicyclic) bond motifs is 3. The van der Waals surface area contributed by atoms with Gasteiger partial charge in [-0.2, -0.15) is 0 Å². The Morgan fingerprint density at radius 2 is 1.80 bits per heavy atom. The van der Waals surface area contributed by atoms with E-state index in [1.807, 2.05) is 18.3 Å². The molecule has 0 amide bonds. The van der Waals surface area contributed by atoms with Crippen LogP contribution in [0.2, 0.25) is 0 Å². The molecule has 15 heavy (non-hydrogen) atoms. The first-order chi connectivity index (χ1) is 7.40. The van der Waals surface area contributed by atoms with E-state index in [9.17, 15) is 0 Å². The Morgan fingerprint density at radius 3 is 2.67 bits per heavy atom. The average Bonchev–Trinajstić information content (AvgIpc) is 2.72. The van der Waals surface area contributed by atoms with Gasteiger partial charge in [-0.15, -0.1) is 0 Å². The fourth-order valence-electron chi connectivity index (χ4n) is 2.08. The largest absolute Gasteiger partial charge is 0.390 e. The van der Waals surface area contributed by atoms with Crippen molar-refractivity contribution in [3.8, 4) is 0 Å². The maximum atomic E-state index is 9.17. The lowest BCUT2D eigenvalue weighted by molar-refractivity contribution is 0.279. The molecule has 1 heterocycles. The Hall–Kier alpha value is -1.80. The third-order valence-electron chi connectivity index (χ3n) is 2.84. The zero-order valence-electron chi connectivity index (χ0n) is 8.20. The number of benzene rings is 2. The minimum atomic E-state index is 0.0574. The molecule has 2 aromatic carbocycles. The molecule has 0 saturated heterocycles. The molecule has 0 saturated carbocycles. The van der Waals surface area contributed by atoms with Crippen molar-refractivity contribution >= 4 is 21.5 Å². The molecule has 0 bridgehead atoms. The second-order valence-electron chi connectivity index (χ2n) is 3.67. The smallest absolute Gasteiger partial charge is 0.0837 e. The summed E-state index contributed by atoms with van der Waals surface area (Å²) in [7, 11) is 0. The molecule has 0 radical (unpaired) electrons. The molecule has 0 aliphatic carbocycles. The van der Waals surface area contributed by atoms with Crippen LogP contribution in [0.5, 0.6) is 0 Å². The van der Waals surface area contributed by atoms with E-state index >= 15 is 0 Å². The van der Waals surface area contributed by atoms with E-state index in [1.165, 1.54) is 16.2 Å². The Balaban J connectivity index is 2.50. The fraction of sp³-hybridized carbons (Fsp3) is 0.0769. The van der Waals surface area contributed by atoms with Crippen molar-refractivity contribution in [2.45, 2.75) is 6.61 Å². The summed E-state index contributed by atoms with van der Waals surface area (Å²) < 4.78 is 0. The van der Waals surface area contributed by atoms with Gasteiger partial charge in [-0.3, -0.25) is 0 Å². The molecule has 0 spiro atoms. The van der Waals surface area contributed by atoms with Crippen molar-refractivity contribution in [1.29, 1.82) is 0 Å².